The van der Waals surface area contributed by atoms with E-state index in [1.807, 2.05) is 59.2 Å². The van der Waals surface area contributed by atoms with E-state index in [-0.39, 0.29) is 12.1 Å². The van der Waals surface area contributed by atoms with Gasteiger partial charge in [0.1, 0.15) is 11.6 Å². The fraction of sp³-hybridized carbons (Fsp3) is 0.103. The fourth-order valence-electron chi connectivity index (χ4n) is 4.61. The molecule has 5 aromatic rings. The molecule has 1 aliphatic heterocycles. The van der Waals surface area contributed by atoms with Crippen molar-refractivity contribution in [3.05, 3.63) is 89.1 Å². The Labute approximate surface area is 216 Å². The van der Waals surface area contributed by atoms with Crippen LogP contribution in [0.25, 0.3) is 43.8 Å². The topological polar surface area (TPSA) is 92.1 Å². The van der Waals surface area contributed by atoms with E-state index >= 15 is 0 Å². The number of likely N-dealkylation sites (N-methyl/N-ethyl adjacent to an activating group) is 1. The summed E-state index contributed by atoms with van der Waals surface area (Å²) in [6, 6.07) is 23.7. The number of hydrogen-bond donors (Lipinski definition) is 0. The van der Waals surface area contributed by atoms with Crippen molar-refractivity contribution < 1.29 is 14.0 Å². The Bertz CT molecular complexity index is 1800. The predicted molar refractivity (Wildman–Crippen MR) is 143 cm³/mol. The molecule has 4 heterocycles. The Morgan fingerprint density at radius 3 is 2.54 bits per heavy atom. The van der Waals surface area contributed by atoms with Crippen molar-refractivity contribution in [1.82, 2.24) is 14.5 Å². The molecule has 0 atom stereocenters. The van der Waals surface area contributed by atoms with E-state index in [9.17, 15) is 14.9 Å². The number of imide groups is 1. The van der Waals surface area contributed by atoms with Gasteiger partial charge in [-0.2, -0.15) is 10.2 Å². The monoisotopic (exact) mass is 504 g/mol. The van der Waals surface area contributed by atoms with E-state index in [0.29, 0.717) is 34.0 Å². The first-order chi connectivity index (χ1) is 18.0. The molecule has 0 radical (unpaired) electrons. The normalized spacial score (nSPS) is 15.4. The highest BCUT2D eigenvalue weighted by Gasteiger charge is 2.34. The second kappa shape index (κ2) is 8.73. The zero-order valence-corrected chi connectivity index (χ0v) is 20.9. The van der Waals surface area contributed by atoms with Crippen molar-refractivity contribution in [3.63, 3.8) is 0 Å². The van der Waals surface area contributed by atoms with Crippen LogP contribution in [0.1, 0.15) is 19.5 Å². The third-order valence-electron chi connectivity index (χ3n) is 6.47. The average molecular weight is 505 g/mol. The number of nitriles is 1. The van der Waals surface area contributed by atoms with Gasteiger partial charge in [-0.25, -0.2) is 0 Å². The fourth-order valence-corrected chi connectivity index (χ4v) is 5.60. The average Bonchev–Trinajstić information content (AvgIpc) is 3.60. The summed E-state index contributed by atoms with van der Waals surface area (Å²) < 4.78 is 9.28. The molecule has 3 aromatic heterocycles. The molecular weight excluding hydrogens is 484 g/mol. The largest absolute Gasteiger partial charge is 0.434 e. The standard InChI is InChI=1S/C29H20N4O3S/c1-3-32-28(34)21(17(2)22(16-30)29(32)35)14-20-15-23-26(33(20)19-10-5-4-6-11-19)31-27(36-23)25-13-18-9-7-8-12-24(18)37-25/h4-15H,3H2,1-2H3/b21-14-. The first-order valence-electron chi connectivity index (χ1n) is 11.8. The number of carbonyl (C=O) groups excluding carboxylic acids is 2. The maximum absolute atomic E-state index is 13.2. The third kappa shape index (κ3) is 3.60. The highest BCUT2D eigenvalue weighted by Crippen LogP contribution is 2.37. The summed E-state index contributed by atoms with van der Waals surface area (Å²) in [5.41, 5.74) is 3.30. The molecule has 0 aliphatic carbocycles. The molecule has 0 fully saturated rings. The predicted octanol–water partition coefficient (Wildman–Crippen LogP) is 6.11. The molecule has 2 aromatic carbocycles. The summed E-state index contributed by atoms with van der Waals surface area (Å²) in [5.74, 6) is -0.471. The lowest BCUT2D eigenvalue weighted by molar-refractivity contribution is -0.140. The van der Waals surface area contributed by atoms with Gasteiger partial charge in [0.25, 0.3) is 11.8 Å². The van der Waals surface area contributed by atoms with E-state index in [1.54, 1.807) is 31.3 Å². The number of aromatic nitrogens is 2. The molecule has 0 unspecified atom stereocenters. The molecule has 0 saturated carbocycles. The van der Waals surface area contributed by atoms with E-state index in [0.717, 1.165) is 25.6 Å². The van der Waals surface area contributed by atoms with Crippen LogP contribution in [0, 0.1) is 11.3 Å². The van der Waals surface area contributed by atoms with Gasteiger partial charge in [-0.05, 0) is 55.1 Å². The van der Waals surface area contributed by atoms with E-state index in [1.165, 1.54) is 0 Å². The quantitative estimate of drug-likeness (QED) is 0.217. The van der Waals surface area contributed by atoms with Gasteiger partial charge in [-0.15, -0.1) is 11.3 Å². The smallest absolute Gasteiger partial charge is 0.271 e. The number of para-hydroxylation sites is 1. The lowest BCUT2D eigenvalue weighted by Crippen LogP contribution is -2.42. The van der Waals surface area contributed by atoms with Crippen molar-refractivity contribution in [3.8, 4) is 22.5 Å². The Balaban J connectivity index is 1.56. The number of benzene rings is 2. The highest BCUT2D eigenvalue weighted by molar-refractivity contribution is 7.22. The summed E-state index contributed by atoms with van der Waals surface area (Å²) in [7, 11) is 0. The molecule has 8 heteroatoms. The van der Waals surface area contributed by atoms with Gasteiger partial charge in [0, 0.05) is 28.6 Å². The Kier molecular flexibility index (Phi) is 5.36. The number of amides is 2. The minimum atomic E-state index is -0.563. The van der Waals surface area contributed by atoms with Gasteiger partial charge in [0.2, 0.25) is 5.89 Å². The lowest BCUT2D eigenvalue weighted by atomic mass is 9.94. The summed E-state index contributed by atoms with van der Waals surface area (Å²) >= 11 is 1.61. The molecular formula is C29H20N4O3S. The Morgan fingerprint density at radius 1 is 1.05 bits per heavy atom. The van der Waals surface area contributed by atoms with Gasteiger partial charge in [-0.1, -0.05) is 36.4 Å². The van der Waals surface area contributed by atoms with Crippen molar-refractivity contribution >= 4 is 50.5 Å². The zero-order chi connectivity index (χ0) is 25.7. The number of carbonyl (C=O) groups is 2. The second-order valence-electron chi connectivity index (χ2n) is 8.62. The Hall–Kier alpha value is -4.74. The minimum absolute atomic E-state index is 0.0284. The first-order valence-corrected chi connectivity index (χ1v) is 12.6. The van der Waals surface area contributed by atoms with Crippen LogP contribution in [0.3, 0.4) is 0 Å². The summed E-state index contributed by atoms with van der Waals surface area (Å²) in [5, 5.41) is 10.7. The maximum Gasteiger partial charge on any atom is 0.271 e. The van der Waals surface area contributed by atoms with Gasteiger partial charge < -0.3 is 4.42 Å². The SMILES string of the molecule is CCN1C(=O)C(C#N)=C(C)/C(=C/c2cc3oc(-c4cc5ccccc5s4)nc3n2-c2ccccc2)C1=O. The first kappa shape index (κ1) is 22.7. The van der Waals surface area contributed by atoms with E-state index in [2.05, 4.69) is 18.2 Å². The summed E-state index contributed by atoms with van der Waals surface area (Å²) in [4.78, 5) is 32.7. The lowest BCUT2D eigenvalue weighted by Gasteiger charge is -2.26. The molecule has 37 heavy (non-hydrogen) atoms. The number of hydrogen-bond acceptors (Lipinski definition) is 6. The highest BCUT2D eigenvalue weighted by atomic mass is 32.1. The van der Waals surface area contributed by atoms with Crippen LogP contribution in [0.4, 0.5) is 0 Å². The second-order valence-corrected chi connectivity index (χ2v) is 9.70. The molecule has 0 spiro atoms. The molecule has 1 aliphatic rings. The summed E-state index contributed by atoms with van der Waals surface area (Å²) in [6.07, 6.45) is 1.70. The van der Waals surface area contributed by atoms with E-state index in [4.69, 9.17) is 9.40 Å². The molecule has 6 rings (SSSR count). The van der Waals surface area contributed by atoms with Crippen molar-refractivity contribution in [1.29, 1.82) is 5.26 Å². The minimum Gasteiger partial charge on any atom is -0.434 e. The van der Waals surface area contributed by atoms with Crippen LogP contribution < -0.4 is 0 Å². The van der Waals surface area contributed by atoms with Gasteiger partial charge in [0.15, 0.2) is 11.2 Å². The zero-order valence-electron chi connectivity index (χ0n) is 20.1. The van der Waals surface area contributed by atoms with Gasteiger partial charge >= 0.3 is 0 Å². The third-order valence-corrected chi connectivity index (χ3v) is 7.57. The van der Waals surface area contributed by atoms with Crippen LogP contribution in [-0.2, 0) is 9.59 Å². The number of thiophene rings is 1. The van der Waals surface area contributed by atoms with E-state index < -0.39 is 11.8 Å². The van der Waals surface area contributed by atoms with Crippen LogP contribution >= 0.6 is 11.3 Å². The molecule has 7 nitrogen and oxygen atoms in total. The van der Waals surface area contributed by atoms with Crippen LogP contribution in [0.5, 0.6) is 0 Å². The van der Waals surface area contributed by atoms with Crippen molar-refractivity contribution in [2.45, 2.75) is 13.8 Å². The number of nitrogens with zero attached hydrogens (tertiary/aromatic N) is 4. The maximum atomic E-state index is 13.2. The Morgan fingerprint density at radius 2 is 1.81 bits per heavy atom. The van der Waals surface area contributed by atoms with Gasteiger partial charge in [-0.3, -0.25) is 19.1 Å². The van der Waals surface area contributed by atoms with Crippen LogP contribution in [0.2, 0.25) is 0 Å². The number of oxazole rings is 1. The van der Waals surface area contributed by atoms with Crippen molar-refractivity contribution in [2.75, 3.05) is 6.54 Å². The number of fused-ring (bicyclic) bond motifs is 2. The summed E-state index contributed by atoms with van der Waals surface area (Å²) in [6.45, 7) is 3.52. The molecule has 0 bridgehead atoms. The molecule has 180 valence electrons. The number of rotatable bonds is 4. The molecule has 0 saturated heterocycles. The van der Waals surface area contributed by atoms with Crippen LogP contribution in [0.15, 0.2) is 87.9 Å². The van der Waals surface area contributed by atoms with Crippen molar-refractivity contribution in [2.24, 2.45) is 0 Å². The van der Waals surface area contributed by atoms with Crippen LogP contribution in [-0.4, -0.2) is 32.8 Å². The molecule has 0 N–H and O–H groups in total. The van der Waals surface area contributed by atoms with Gasteiger partial charge in [0.05, 0.1) is 10.6 Å². The molecule has 2 amide bonds.